The molecule has 2 aromatic carbocycles. The lowest BCUT2D eigenvalue weighted by Crippen LogP contribution is -2.16. The van der Waals surface area contributed by atoms with E-state index in [2.05, 4.69) is 5.32 Å². The van der Waals surface area contributed by atoms with E-state index in [4.69, 9.17) is 0 Å². The SMILES string of the molecule is Fc1ccc(CNC2CC2)c(-c2ccc(F)c(F)c2)c1. The summed E-state index contributed by atoms with van der Waals surface area (Å²) in [6.07, 6.45) is 2.31. The smallest absolute Gasteiger partial charge is 0.159 e. The molecule has 4 heteroatoms. The van der Waals surface area contributed by atoms with Gasteiger partial charge < -0.3 is 5.32 Å². The Bertz CT molecular complexity index is 636. The summed E-state index contributed by atoms with van der Waals surface area (Å²) in [5.74, 6) is -2.21. The maximum absolute atomic E-state index is 13.4. The van der Waals surface area contributed by atoms with E-state index in [1.807, 2.05) is 0 Å². The fourth-order valence-electron chi connectivity index (χ4n) is 2.18. The largest absolute Gasteiger partial charge is 0.310 e. The van der Waals surface area contributed by atoms with Crippen molar-refractivity contribution in [3.63, 3.8) is 0 Å². The van der Waals surface area contributed by atoms with Gasteiger partial charge in [0, 0.05) is 12.6 Å². The molecule has 0 bridgehead atoms. The summed E-state index contributed by atoms with van der Waals surface area (Å²) >= 11 is 0. The van der Waals surface area contributed by atoms with Crippen LogP contribution in [0.25, 0.3) is 11.1 Å². The van der Waals surface area contributed by atoms with Crippen molar-refractivity contribution in [3.8, 4) is 11.1 Å². The van der Waals surface area contributed by atoms with Gasteiger partial charge in [-0.2, -0.15) is 0 Å². The normalized spacial score (nSPS) is 14.6. The Kier molecular flexibility index (Phi) is 3.49. The Morgan fingerprint density at radius 2 is 1.75 bits per heavy atom. The zero-order valence-corrected chi connectivity index (χ0v) is 10.8. The molecule has 1 N–H and O–H groups in total. The monoisotopic (exact) mass is 277 g/mol. The van der Waals surface area contributed by atoms with E-state index in [-0.39, 0.29) is 5.82 Å². The van der Waals surface area contributed by atoms with Crippen molar-refractivity contribution >= 4 is 0 Å². The lowest BCUT2D eigenvalue weighted by molar-refractivity contribution is 0.509. The molecular formula is C16H14F3N. The second-order valence-corrected chi connectivity index (χ2v) is 5.09. The maximum Gasteiger partial charge on any atom is 0.159 e. The van der Waals surface area contributed by atoms with Crippen LogP contribution in [0.15, 0.2) is 36.4 Å². The molecule has 0 heterocycles. The third kappa shape index (κ3) is 2.85. The highest BCUT2D eigenvalue weighted by atomic mass is 19.2. The summed E-state index contributed by atoms with van der Waals surface area (Å²) in [6.45, 7) is 0.597. The minimum atomic E-state index is -0.923. The molecule has 104 valence electrons. The van der Waals surface area contributed by atoms with E-state index >= 15 is 0 Å². The zero-order chi connectivity index (χ0) is 14.1. The second kappa shape index (κ2) is 5.29. The summed E-state index contributed by atoms with van der Waals surface area (Å²) in [6, 6.07) is 8.58. The van der Waals surface area contributed by atoms with Crippen LogP contribution in [-0.4, -0.2) is 6.04 Å². The maximum atomic E-state index is 13.4. The first-order valence-corrected chi connectivity index (χ1v) is 6.61. The molecule has 20 heavy (non-hydrogen) atoms. The topological polar surface area (TPSA) is 12.0 Å². The van der Waals surface area contributed by atoms with Gasteiger partial charge in [-0.05, 0) is 53.8 Å². The fourth-order valence-corrected chi connectivity index (χ4v) is 2.18. The van der Waals surface area contributed by atoms with Gasteiger partial charge in [0.05, 0.1) is 0 Å². The highest BCUT2D eigenvalue weighted by Crippen LogP contribution is 2.27. The summed E-state index contributed by atoms with van der Waals surface area (Å²) in [5, 5.41) is 3.34. The first kappa shape index (κ1) is 13.2. The zero-order valence-electron chi connectivity index (χ0n) is 10.8. The van der Waals surface area contributed by atoms with Crippen molar-refractivity contribution < 1.29 is 13.2 Å². The number of halogens is 3. The minimum absolute atomic E-state index is 0.389. The number of nitrogens with one attached hydrogen (secondary N) is 1. The van der Waals surface area contributed by atoms with Crippen LogP contribution < -0.4 is 5.32 Å². The number of benzene rings is 2. The van der Waals surface area contributed by atoms with Gasteiger partial charge in [0.1, 0.15) is 5.82 Å². The first-order chi connectivity index (χ1) is 9.63. The van der Waals surface area contributed by atoms with Gasteiger partial charge in [-0.1, -0.05) is 12.1 Å². The Labute approximate surface area is 115 Å². The average Bonchev–Trinajstić information content (AvgIpc) is 3.24. The number of rotatable bonds is 4. The van der Waals surface area contributed by atoms with Gasteiger partial charge in [-0.3, -0.25) is 0 Å². The average molecular weight is 277 g/mol. The van der Waals surface area contributed by atoms with E-state index in [9.17, 15) is 13.2 Å². The van der Waals surface area contributed by atoms with Gasteiger partial charge >= 0.3 is 0 Å². The van der Waals surface area contributed by atoms with Crippen molar-refractivity contribution in [3.05, 3.63) is 59.4 Å². The van der Waals surface area contributed by atoms with Crippen LogP contribution in [0.5, 0.6) is 0 Å². The molecule has 0 saturated heterocycles. The predicted octanol–water partition coefficient (Wildman–Crippen LogP) is 4.02. The molecule has 2 aromatic rings. The van der Waals surface area contributed by atoms with E-state index < -0.39 is 11.6 Å². The van der Waals surface area contributed by atoms with Crippen LogP contribution in [0.4, 0.5) is 13.2 Å². The molecule has 1 aliphatic carbocycles. The van der Waals surface area contributed by atoms with Crippen LogP contribution in [0.1, 0.15) is 18.4 Å². The minimum Gasteiger partial charge on any atom is -0.310 e. The third-order valence-electron chi connectivity index (χ3n) is 3.46. The summed E-state index contributed by atoms with van der Waals surface area (Å²) in [7, 11) is 0. The Morgan fingerprint density at radius 3 is 2.45 bits per heavy atom. The molecule has 0 aromatic heterocycles. The molecule has 3 rings (SSSR count). The van der Waals surface area contributed by atoms with E-state index in [1.54, 1.807) is 6.07 Å². The van der Waals surface area contributed by atoms with Crippen LogP contribution in [-0.2, 0) is 6.54 Å². The van der Waals surface area contributed by atoms with Gasteiger partial charge in [-0.25, -0.2) is 13.2 Å². The number of hydrogen-bond acceptors (Lipinski definition) is 1. The van der Waals surface area contributed by atoms with Gasteiger partial charge in [-0.15, -0.1) is 0 Å². The molecule has 0 amide bonds. The Hall–Kier alpha value is -1.81. The van der Waals surface area contributed by atoms with Crippen molar-refractivity contribution in [1.29, 1.82) is 0 Å². The molecule has 0 aliphatic heterocycles. The Balaban J connectivity index is 1.96. The first-order valence-electron chi connectivity index (χ1n) is 6.61. The lowest BCUT2D eigenvalue weighted by atomic mass is 9.99. The van der Waals surface area contributed by atoms with Crippen molar-refractivity contribution in [1.82, 2.24) is 5.32 Å². The molecule has 1 saturated carbocycles. The molecule has 1 nitrogen and oxygen atoms in total. The summed E-state index contributed by atoms with van der Waals surface area (Å²) < 4.78 is 39.8. The lowest BCUT2D eigenvalue weighted by Gasteiger charge is -2.11. The molecule has 0 radical (unpaired) electrons. The molecule has 0 spiro atoms. The Morgan fingerprint density at radius 1 is 0.950 bits per heavy atom. The highest BCUT2D eigenvalue weighted by molar-refractivity contribution is 5.67. The molecule has 1 aliphatic rings. The van der Waals surface area contributed by atoms with E-state index in [1.165, 1.54) is 18.2 Å². The number of hydrogen-bond donors (Lipinski definition) is 1. The predicted molar refractivity (Wildman–Crippen MR) is 71.6 cm³/mol. The van der Waals surface area contributed by atoms with E-state index in [0.717, 1.165) is 30.5 Å². The fraction of sp³-hybridized carbons (Fsp3) is 0.250. The summed E-state index contributed by atoms with van der Waals surface area (Å²) in [4.78, 5) is 0. The van der Waals surface area contributed by atoms with Crippen LogP contribution in [0.3, 0.4) is 0 Å². The van der Waals surface area contributed by atoms with Gasteiger partial charge in [0.25, 0.3) is 0 Å². The van der Waals surface area contributed by atoms with Crippen LogP contribution in [0, 0.1) is 17.5 Å². The standard InChI is InChI=1S/C16H14F3N/c17-12-3-1-11(9-20-13-4-5-13)14(8-12)10-2-6-15(18)16(19)7-10/h1-3,6-8,13,20H,4-5,9H2. The summed E-state index contributed by atoms with van der Waals surface area (Å²) in [5.41, 5.74) is 1.96. The second-order valence-electron chi connectivity index (χ2n) is 5.09. The molecule has 1 fully saturated rings. The molecular weight excluding hydrogens is 263 g/mol. The van der Waals surface area contributed by atoms with Gasteiger partial charge in [0.15, 0.2) is 11.6 Å². The van der Waals surface area contributed by atoms with E-state index in [0.29, 0.717) is 23.7 Å². The molecule has 0 atom stereocenters. The quantitative estimate of drug-likeness (QED) is 0.890. The molecule has 0 unspecified atom stereocenters. The van der Waals surface area contributed by atoms with Crippen molar-refractivity contribution in [2.45, 2.75) is 25.4 Å². The third-order valence-corrected chi connectivity index (χ3v) is 3.46. The van der Waals surface area contributed by atoms with Crippen LogP contribution >= 0.6 is 0 Å². The van der Waals surface area contributed by atoms with Gasteiger partial charge in [0.2, 0.25) is 0 Å². The van der Waals surface area contributed by atoms with Crippen molar-refractivity contribution in [2.24, 2.45) is 0 Å². The van der Waals surface area contributed by atoms with Crippen LogP contribution in [0.2, 0.25) is 0 Å². The highest BCUT2D eigenvalue weighted by Gasteiger charge is 2.20. The van der Waals surface area contributed by atoms with Crippen molar-refractivity contribution in [2.75, 3.05) is 0 Å².